The number of benzene rings is 1. The molecule has 0 unspecified atom stereocenters. The lowest BCUT2D eigenvalue weighted by Crippen LogP contribution is -1.98. The molecular formula is C13H13ClN2O2S. The van der Waals surface area contributed by atoms with Crippen LogP contribution in [0.5, 0.6) is 0 Å². The molecule has 1 aromatic heterocycles. The minimum Gasteiger partial charge on any atom is -0.481 e. The van der Waals surface area contributed by atoms with Gasteiger partial charge in [-0.15, -0.1) is 11.3 Å². The summed E-state index contributed by atoms with van der Waals surface area (Å²) in [6.45, 7) is 1.99. The summed E-state index contributed by atoms with van der Waals surface area (Å²) in [5.41, 5.74) is 2.69. The van der Waals surface area contributed by atoms with Gasteiger partial charge in [-0.3, -0.25) is 4.79 Å². The zero-order valence-corrected chi connectivity index (χ0v) is 11.9. The molecule has 6 heteroatoms. The SMILES string of the molecule is Cc1ccc(Cl)c(Nc2nc(CCC(=O)O)cs2)c1. The fourth-order valence-corrected chi connectivity index (χ4v) is 2.49. The molecular weight excluding hydrogens is 284 g/mol. The summed E-state index contributed by atoms with van der Waals surface area (Å²) in [6, 6.07) is 5.71. The van der Waals surface area contributed by atoms with Crippen LogP contribution in [0.25, 0.3) is 0 Å². The maximum absolute atomic E-state index is 10.5. The molecule has 0 spiro atoms. The van der Waals surface area contributed by atoms with Crippen molar-refractivity contribution >= 4 is 39.7 Å². The van der Waals surface area contributed by atoms with Gasteiger partial charge in [0.05, 0.1) is 22.8 Å². The molecule has 1 heterocycles. The molecule has 100 valence electrons. The summed E-state index contributed by atoms with van der Waals surface area (Å²) in [4.78, 5) is 14.8. The molecule has 2 N–H and O–H groups in total. The van der Waals surface area contributed by atoms with Crippen LogP contribution in [0.1, 0.15) is 17.7 Å². The molecule has 0 atom stereocenters. The first-order valence-electron chi connectivity index (χ1n) is 5.74. The zero-order valence-electron chi connectivity index (χ0n) is 10.3. The van der Waals surface area contributed by atoms with E-state index in [4.69, 9.17) is 16.7 Å². The normalized spacial score (nSPS) is 10.4. The maximum atomic E-state index is 10.5. The number of aliphatic carboxylic acids is 1. The fourth-order valence-electron chi connectivity index (χ4n) is 1.56. The monoisotopic (exact) mass is 296 g/mol. The van der Waals surface area contributed by atoms with Crippen molar-refractivity contribution in [2.24, 2.45) is 0 Å². The van der Waals surface area contributed by atoms with E-state index >= 15 is 0 Å². The van der Waals surface area contributed by atoms with Crippen LogP contribution in [0.15, 0.2) is 23.6 Å². The molecule has 2 rings (SSSR count). The van der Waals surface area contributed by atoms with Gasteiger partial charge in [0.2, 0.25) is 0 Å². The Kier molecular flexibility index (Phi) is 4.39. The average molecular weight is 297 g/mol. The van der Waals surface area contributed by atoms with Crippen molar-refractivity contribution in [3.05, 3.63) is 39.9 Å². The third-order valence-corrected chi connectivity index (χ3v) is 3.65. The lowest BCUT2D eigenvalue weighted by molar-refractivity contribution is -0.136. The summed E-state index contributed by atoms with van der Waals surface area (Å²) in [5, 5.41) is 15.0. The molecule has 0 radical (unpaired) electrons. The first-order chi connectivity index (χ1) is 9.04. The lowest BCUT2D eigenvalue weighted by Gasteiger charge is -2.06. The van der Waals surface area contributed by atoms with Crippen molar-refractivity contribution < 1.29 is 9.90 Å². The van der Waals surface area contributed by atoms with Gasteiger partial charge in [-0.1, -0.05) is 17.7 Å². The second-order valence-corrected chi connectivity index (χ2v) is 5.41. The van der Waals surface area contributed by atoms with E-state index in [0.717, 1.165) is 16.9 Å². The summed E-state index contributed by atoms with van der Waals surface area (Å²) in [7, 11) is 0. The minimum absolute atomic E-state index is 0.0916. The lowest BCUT2D eigenvalue weighted by atomic mass is 10.2. The van der Waals surface area contributed by atoms with E-state index in [1.54, 1.807) is 0 Å². The molecule has 0 aliphatic rings. The smallest absolute Gasteiger partial charge is 0.303 e. The number of hydrogen-bond donors (Lipinski definition) is 2. The van der Waals surface area contributed by atoms with Crippen molar-refractivity contribution in [2.75, 3.05) is 5.32 Å². The number of anilines is 2. The molecule has 0 aliphatic heterocycles. The molecule has 0 saturated heterocycles. The standard InChI is InChI=1S/C13H13ClN2O2S/c1-8-2-4-10(14)11(6-8)16-13-15-9(7-19-13)3-5-12(17)18/h2,4,6-7H,3,5H2,1H3,(H,15,16)(H,17,18). The maximum Gasteiger partial charge on any atom is 0.303 e. The number of carboxylic acids is 1. The number of carboxylic acid groups (broad SMARTS) is 1. The first-order valence-corrected chi connectivity index (χ1v) is 7.00. The van der Waals surface area contributed by atoms with Crippen LogP contribution < -0.4 is 5.32 Å². The predicted molar refractivity (Wildman–Crippen MR) is 77.5 cm³/mol. The van der Waals surface area contributed by atoms with Crippen LogP contribution in [0.3, 0.4) is 0 Å². The Morgan fingerprint density at radius 1 is 1.53 bits per heavy atom. The van der Waals surface area contributed by atoms with E-state index in [1.807, 2.05) is 30.5 Å². The fraction of sp³-hybridized carbons (Fsp3) is 0.231. The number of thiazole rings is 1. The van der Waals surface area contributed by atoms with Gasteiger partial charge in [-0.25, -0.2) is 4.98 Å². The van der Waals surface area contributed by atoms with Gasteiger partial charge in [-0.05, 0) is 24.6 Å². The Morgan fingerprint density at radius 3 is 3.05 bits per heavy atom. The molecule has 4 nitrogen and oxygen atoms in total. The van der Waals surface area contributed by atoms with Gasteiger partial charge in [0.25, 0.3) is 0 Å². The van der Waals surface area contributed by atoms with Crippen LogP contribution in [-0.4, -0.2) is 16.1 Å². The number of nitrogens with one attached hydrogen (secondary N) is 1. The largest absolute Gasteiger partial charge is 0.481 e. The average Bonchev–Trinajstić information content (AvgIpc) is 2.79. The van der Waals surface area contributed by atoms with Crippen molar-refractivity contribution in [2.45, 2.75) is 19.8 Å². The Labute approximate surface area is 120 Å². The van der Waals surface area contributed by atoms with Crippen molar-refractivity contribution in [1.82, 2.24) is 4.98 Å². The van der Waals surface area contributed by atoms with Gasteiger partial charge in [-0.2, -0.15) is 0 Å². The van der Waals surface area contributed by atoms with E-state index in [-0.39, 0.29) is 6.42 Å². The number of aromatic nitrogens is 1. The second-order valence-electron chi connectivity index (χ2n) is 4.15. The number of carbonyl (C=O) groups is 1. The Bertz CT molecular complexity index is 598. The van der Waals surface area contributed by atoms with Gasteiger partial charge < -0.3 is 10.4 Å². The minimum atomic E-state index is -0.816. The van der Waals surface area contributed by atoms with E-state index in [1.165, 1.54) is 11.3 Å². The van der Waals surface area contributed by atoms with E-state index in [9.17, 15) is 4.79 Å². The molecule has 0 amide bonds. The Balaban J connectivity index is 2.07. The van der Waals surface area contributed by atoms with Gasteiger partial charge >= 0.3 is 5.97 Å². The number of halogens is 1. The summed E-state index contributed by atoms with van der Waals surface area (Å²) in [6.07, 6.45) is 0.531. The molecule has 0 aliphatic carbocycles. The molecule has 0 saturated carbocycles. The highest BCUT2D eigenvalue weighted by Gasteiger charge is 2.07. The highest BCUT2D eigenvalue weighted by molar-refractivity contribution is 7.13. The van der Waals surface area contributed by atoms with Crippen LogP contribution in [0.2, 0.25) is 5.02 Å². The second kappa shape index (κ2) is 6.04. The van der Waals surface area contributed by atoms with Gasteiger partial charge in [0.1, 0.15) is 0 Å². The van der Waals surface area contributed by atoms with Gasteiger partial charge in [0.15, 0.2) is 5.13 Å². The van der Waals surface area contributed by atoms with Crippen LogP contribution in [-0.2, 0) is 11.2 Å². The molecule has 0 bridgehead atoms. The van der Waals surface area contributed by atoms with Crippen molar-refractivity contribution in [3.8, 4) is 0 Å². The summed E-state index contributed by atoms with van der Waals surface area (Å²) >= 11 is 7.53. The number of aryl methyl sites for hydroxylation is 2. The van der Waals surface area contributed by atoms with E-state index < -0.39 is 5.97 Å². The molecule has 2 aromatic rings. The molecule has 0 fully saturated rings. The number of rotatable bonds is 5. The molecule has 1 aromatic carbocycles. The zero-order chi connectivity index (χ0) is 13.8. The Hall–Kier alpha value is -1.59. The predicted octanol–water partition coefficient (Wildman–Crippen LogP) is 3.87. The highest BCUT2D eigenvalue weighted by atomic mass is 35.5. The Morgan fingerprint density at radius 2 is 2.32 bits per heavy atom. The van der Waals surface area contributed by atoms with E-state index in [2.05, 4.69) is 10.3 Å². The number of hydrogen-bond acceptors (Lipinski definition) is 4. The third kappa shape index (κ3) is 3.94. The van der Waals surface area contributed by atoms with E-state index in [0.29, 0.717) is 16.6 Å². The number of nitrogens with zero attached hydrogens (tertiary/aromatic N) is 1. The summed E-state index contributed by atoms with van der Waals surface area (Å²) < 4.78 is 0. The quantitative estimate of drug-likeness (QED) is 0.879. The summed E-state index contributed by atoms with van der Waals surface area (Å²) in [5.74, 6) is -0.816. The van der Waals surface area contributed by atoms with Crippen LogP contribution >= 0.6 is 22.9 Å². The first kappa shape index (κ1) is 13.8. The van der Waals surface area contributed by atoms with Crippen LogP contribution in [0, 0.1) is 6.92 Å². The highest BCUT2D eigenvalue weighted by Crippen LogP contribution is 2.28. The third-order valence-electron chi connectivity index (χ3n) is 2.51. The van der Waals surface area contributed by atoms with Crippen molar-refractivity contribution in [1.29, 1.82) is 0 Å². The van der Waals surface area contributed by atoms with Crippen LogP contribution in [0.4, 0.5) is 10.8 Å². The molecule has 19 heavy (non-hydrogen) atoms. The van der Waals surface area contributed by atoms with Gasteiger partial charge in [0, 0.05) is 11.8 Å². The topological polar surface area (TPSA) is 62.2 Å². The van der Waals surface area contributed by atoms with Crippen molar-refractivity contribution in [3.63, 3.8) is 0 Å².